The number of nitrogens with one attached hydrogen (secondary N) is 1. The normalized spacial score (nSPS) is 12.3. The van der Waals surface area contributed by atoms with Gasteiger partial charge >= 0.3 is 0 Å². The van der Waals surface area contributed by atoms with Crippen LogP contribution in [0.3, 0.4) is 0 Å². The lowest BCUT2D eigenvalue weighted by molar-refractivity contribution is 0.321. The Balaban J connectivity index is 1.85. The molecule has 0 saturated heterocycles. The average molecular weight is 287 g/mol. The predicted octanol–water partition coefficient (Wildman–Crippen LogP) is 3.10. The smallest absolute Gasteiger partial charge is 0.119 e. The molecule has 114 valence electrons. The topological polar surface area (TPSA) is 39.1 Å². The molecule has 2 aromatic rings. The average Bonchev–Trinajstić information content (AvgIpc) is 2.90. The molecule has 0 saturated carbocycles. The molecule has 1 N–H and O–H groups in total. The molecule has 4 heteroatoms. The molecule has 21 heavy (non-hydrogen) atoms. The standard InChI is InChI=1S/C17H25N3O/c1-4-9-18-14(2)16-6-5-7-17(11-16)21-10-8-15-12-19-20(3)13-15/h5-7,11-14,18H,4,8-10H2,1-3H3. The third-order valence-electron chi connectivity index (χ3n) is 3.48. The van der Waals surface area contributed by atoms with E-state index >= 15 is 0 Å². The predicted molar refractivity (Wildman–Crippen MR) is 85.6 cm³/mol. The van der Waals surface area contributed by atoms with E-state index < -0.39 is 0 Å². The van der Waals surface area contributed by atoms with Gasteiger partial charge in [-0.2, -0.15) is 5.10 Å². The van der Waals surface area contributed by atoms with Crippen LogP contribution in [0.4, 0.5) is 0 Å². The Morgan fingerprint density at radius 3 is 2.95 bits per heavy atom. The number of nitrogens with zero attached hydrogens (tertiary/aromatic N) is 2. The molecule has 1 heterocycles. The zero-order valence-corrected chi connectivity index (χ0v) is 13.2. The summed E-state index contributed by atoms with van der Waals surface area (Å²) in [6, 6.07) is 8.68. The van der Waals surface area contributed by atoms with Crippen LogP contribution < -0.4 is 10.1 Å². The van der Waals surface area contributed by atoms with Gasteiger partial charge in [-0.3, -0.25) is 4.68 Å². The van der Waals surface area contributed by atoms with Gasteiger partial charge in [0, 0.05) is 25.7 Å². The molecule has 0 aliphatic rings. The van der Waals surface area contributed by atoms with Gasteiger partial charge in [-0.15, -0.1) is 0 Å². The van der Waals surface area contributed by atoms with Crippen LogP contribution in [0.5, 0.6) is 5.75 Å². The summed E-state index contributed by atoms with van der Waals surface area (Å²) in [6.07, 6.45) is 5.93. The lowest BCUT2D eigenvalue weighted by Crippen LogP contribution is -2.19. The van der Waals surface area contributed by atoms with Crippen LogP contribution in [0.2, 0.25) is 0 Å². The van der Waals surface area contributed by atoms with Crippen LogP contribution in [0.25, 0.3) is 0 Å². The van der Waals surface area contributed by atoms with E-state index in [1.165, 1.54) is 11.1 Å². The molecule has 1 unspecified atom stereocenters. The minimum absolute atomic E-state index is 0.354. The first-order valence-electron chi connectivity index (χ1n) is 7.62. The van der Waals surface area contributed by atoms with Crippen molar-refractivity contribution in [2.45, 2.75) is 32.7 Å². The van der Waals surface area contributed by atoms with Gasteiger partial charge < -0.3 is 10.1 Å². The molecule has 0 bridgehead atoms. The summed E-state index contributed by atoms with van der Waals surface area (Å²) in [4.78, 5) is 0. The molecular weight excluding hydrogens is 262 g/mol. The summed E-state index contributed by atoms with van der Waals surface area (Å²) in [5.74, 6) is 0.932. The molecule has 1 atom stereocenters. The summed E-state index contributed by atoms with van der Waals surface area (Å²) in [6.45, 7) is 6.07. The number of hydrogen-bond donors (Lipinski definition) is 1. The zero-order valence-electron chi connectivity index (χ0n) is 13.2. The molecule has 0 amide bonds. The monoisotopic (exact) mass is 287 g/mol. The van der Waals surface area contributed by atoms with E-state index in [1.807, 2.05) is 30.2 Å². The Kier molecular flexibility index (Phi) is 5.81. The second-order valence-corrected chi connectivity index (χ2v) is 5.37. The second-order valence-electron chi connectivity index (χ2n) is 5.37. The Morgan fingerprint density at radius 1 is 1.38 bits per heavy atom. The third-order valence-corrected chi connectivity index (χ3v) is 3.48. The summed E-state index contributed by atoms with van der Waals surface area (Å²) in [5.41, 5.74) is 2.47. The summed E-state index contributed by atoms with van der Waals surface area (Å²) in [7, 11) is 1.93. The minimum Gasteiger partial charge on any atom is -0.493 e. The molecule has 1 aromatic carbocycles. The van der Waals surface area contributed by atoms with Crippen LogP contribution in [0.1, 0.15) is 37.4 Å². The number of rotatable bonds is 8. The summed E-state index contributed by atoms with van der Waals surface area (Å²) in [5, 5.41) is 7.65. The van der Waals surface area contributed by atoms with Gasteiger partial charge in [0.05, 0.1) is 12.8 Å². The van der Waals surface area contributed by atoms with Crippen molar-refractivity contribution in [1.82, 2.24) is 15.1 Å². The van der Waals surface area contributed by atoms with E-state index in [4.69, 9.17) is 4.74 Å². The Bertz CT molecular complexity index is 550. The van der Waals surface area contributed by atoms with Gasteiger partial charge in [0.2, 0.25) is 0 Å². The van der Waals surface area contributed by atoms with Crippen LogP contribution in [0, 0.1) is 0 Å². The third kappa shape index (κ3) is 4.90. The van der Waals surface area contributed by atoms with Crippen LogP contribution in [-0.2, 0) is 13.5 Å². The van der Waals surface area contributed by atoms with Gasteiger partial charge in [-0.25, -0.2) is 0 Å². The first-order valence-corrected chi connectivity index (χ1v) is 7.62. The summed E-state index contributed by atoms with van der Waals surface area (Å²) >= 11 is 0. The Morgan fingerprint density at radius 2 is 2.24 bits per heavy atom. The molecule has 0 fully saturated rings. The highest BCUT2D eigenvalue weighted by molar-refractivity contribution is 5.30. The fraction of sp³-hybridized carbons (Fsp3) is 0.471. The molecule has 0 radical (unpaired) electrons. The highest BCUT2D eigenvalue weighted by Crippen LogP contribution is 2.19. The van der Waals surface area contributed by atoms with Gasteiger partial charge in [-0.05, 0) is 43.1 Å². The SMILES string of the molecule is CCCNC(C)c1cccc(OCCc2cnn(C)c2)c1. The van der Waals surface area contributed by atoms with Gasteiger partial charge in [-0.1, -0.05) is 19.1 Å². The molecule has 4 nitrogen and oxygen atoms in total. The number of ether oxygens (including phenoxy) is 1. The molecule has 0 aliphatic heterocycles. The van der Waals surface area contributed by atoms with Crippen molar-refractivity contribution in [3.05, 3.63) is 47.8 Å². The quantitative estimate of drug-likeness (QED) is 0.811. The fourth-order valence-corrected chi connectivity index (χ4v) is 2.24. The molecular formula is C17H25N3O. The van der Waals surface area contributed by atoms with Crippen molar-refractivity contribution >= 4 is 0 Å². The fourth-order valence-electron chi connectivity index (χ4n) is 2.24. The van der Waals surface area contributed by atoms with E-state index in [2.05, 4.69) is 42.5 Å². The van der Waals surface area contributed by atoms with Crippen molar-refractivity contribution in [3.8, 4) is 5.75 Å². The highest BCUT2D eigenvalue weighted by Gasteiger charge is 2.05. The van der Waals surface area contributed by atoms with Gasteiger partial charge in [0.1, 0.15) is 5.75 Å². The number of aryl methyl sites for hydroxylation is 1. The van der Waals surface area contributed by atoms with E-state index in [1.54, 1.807) is 0 Å². The van der Waals surface area contributed by atoms with E-state index in [-0.39, 0.29) is 0 Å². The van der Waals surface area contributed by atoms with Crippen molar-refractivity contribution in [2.75, 3.05) is 13.2 Å². The molecule has 0 spiro atoms. The molecule has 2 rings (SSSR count). The molecule has 0 aliphatic carbocycles. The number of benzene rings is 1. The van der Waals surface area contributed by atoms with Crippen molar-refractivity contribution < 1.29 is 4.74 Å². The first kappa shape index (κ1) is 15.6. The maximum atomic E-state index is 5.85. The highest BCUT2D eigenvalue weighted by atomic mass is 16.5. The Labute approximate surface area is 127 Å². The lowest BCUT2D eigenvalue weighted by Gasteiger charge is -2.15. The van der Waals surface area contributed by atoms with E-state index in [0.717, 1.165) is 25.1 Å². The van der Waals surface area contributed by atoms with Crippen LogP contribution in [-0.4, -0.2) is 22.9 Å². The first-order chi connectivity index (χ1) is 10.2. The van der Waals surface area contributed by atoms with Crippen LogP contribution in [0.15, 0.2) is 36.7 Å². The van der Waals surface area contributed by atoms with Crippen LogP contribution >= 0.6 is 0 Å². The van der Waals surface area contributed by atoms with Gasteiger partial charge in [0.25, 0.3) is 0 Å². The largest absolute Gasteiger partial charge is 0.493 e. The van der Waals surface area contributed by atoms with Crippen molar-refractivity contribution in [2.24, 2.45) is 7.05 Å². The number of aromatic nitrogens is 2. The van der Waals surface area contributed by atoms with E-state index in [9.17, 15) is 0 Å². The van der Waals surface area contributed by atoms with E-state index in [0.29, 0.717) is 12.6 Å². The second kappa shape index (κ2) is 7.84. The maximum Gasteiger partial charge on any atom is 0.119 e. The molecule has 1 aromatic heterocycles. The zero-order chi connectivity index (χ0) is 15.1. The van der Waals surface area contributed by atoms with Crippen molar-refractivity contribution in [1.29, 1.82) is 0 Å². The number of hydrogen-bond acceptors (Lipinski definition) is 3. The lowest BCUT2D eigenvalue weighted by atomic mass is 10.1. The summed E-state index contributed by atoms with van der Waals surface area (Å²) < 4.78 is 7.67. The maximum absolute atomic E-state index is 5.85. The van der Waals surface area contributed by atoms with Crippen molar-refractivity contribution in [3.63, 3.8) is 0 Å². The van der Waals surface area contributed by atoms with Gasteiger partial charge in [0.15, 0.2) is 0 Å². The Hall–Kier alpha value is -1.81. The minimum atomic E-state index is 0.354.